The molecule has 1 N–H and O–H groups in total. The van der Waals surface area contributed by atoms with Crippen molar-refractivity contribution in [1.82, 2.24) is 10.2 Å². The smallest absolute Gasteiger partial charge is 0.222 e. The minimum absolute atomic E-state index is 0.307. The Bertz CT molecular complexity index is 283. The molecule has 1 rings (SSSR count). The first kappa shape index (κ1) is 16.5. The Morgan fingerprint density at radius 3 is 2.47 bits per heavy atom. The van der Waals surface area contributed by atoms with Crippen molar-refractivity contribution in [3.63, 3.8) is 0 Å². The predicted octanol–water partition coefficient (Wildman–Crippen LogP) is 3.05. The first-order valence-corrected chi connectivity index (χ1v) is 7.86. The van der Waals surface area contributed by atoms with Crippen LogP contribution in [0.5, 0.6) is 0 Å². The molecular weight excluding hydrogens is 236 g/mol. The molecule has 3 heteroatoms. The van der Waals surface area contributed by atoms with Gasteiger partial charge in [-0.1, -0.05) is 34.6 Å². The number of likely N-dealkylation sites (tertiary alicyclic amines) is 1. The Balaban J connectivity index is 2.63. The molecule has 1 saturated heterocycles. The second kappa shape index (κ2) is 7.28. The van der Waals surface area contributed by atoms with Crippen molar-refractivity contribution in [1.29, 1.82) is 0 Å². The fourth-order valence-corrected chi connectivity index (χ4v) is 3.14. The van der Waals surface area contributed by atoms with E-state index in [4.69, 9.17) is 0 Å². The quantitative estimate of drug-likeness (QED) is 0.831. The molecule has 112 valence electrons. The van der Waals surface area contributed by atoms with Crippen LogP contribution in [0.3, 0.4) is 0 Å². The van der Waals surface area contributed by atoms with Crippen LogP contribution in [0.2, 0.25) is 0 Å². The van der Waals surface area contributed by atoms with E-state index in [-0.39, 0.29) is 0 Å². The molecule has 0 aromatic carbocycles. The number of piperidine rings is 1. The largest absolute Gasteiger partial charge is 0.341 e. The maximum Gasteiger partial charge on any atom is 0.222 e. The lowest BCUT2D eigenvalue weighted by atomic mass is 9.80. The van der Waals surface area contributed by atoms with E-state index < -0.39 is 0 Å². The summed E-state index contributed by atoms with van der Waals surface area (Å²) >= 11 is 0. The third kappa shape index (κ3) is 5.94. The topological polar surface area (TPSA) is 32.3 Å². The molecule has 3 nitrogen and oxygen atoms in total. The van der Waals surface area contributed by atoms with Crippen molar-refractivity contribution in [3.8, 4) is 0 Å². The molecule has 0 radical (unpaired) electrons. The molecular formula is C16H32N2O. The molecule has 2 unspecified atom stereocenters. The summed E-state index contributed by atoms with van der Waals surface area (Å²) in [6.45, 7) is 13.9. The van der Waals surface area contributed by atoms with Gasteiger partial charge in [-0.05, 0) is 37.1 Å². The van der Waals surface area contributed by atoms with Gasteiger partial charge in [-0.25, -0.2) is 0 Å². The van der Waals surface area contributed by atoms with Crippen LogP contribution in [-0.4, -0.2) is 36.5 Å². The Morgan fingerprint density at radius 1 is 1.26 bits per heavy atom. The number of carbonyl (C=O) groups is 1. The second-order valence-corrected chi connectivity index (χ2v) is 7.17. The first-order chi connectivity index (χ1) is 8.85. The second-order valence-electron chi connectivity index (χ2n) is 7.17. The van der Waals surface area contributed by atoms with Gasteiger partial charge >= 0.3 is 0 Å². The van der Waals surface area contributed by atoms with Crippen LogP contribution >= 0.6 is 0 Å². The zero-order valence-corrected chi connectivity index (χ0v) is 13.5. The molecule has 1 fully saturated rings. The summed E-state index contributed by atoms with van der Waals surface area (Å²) in [5.41, 5.74) is 0.345. The standard InChI is InChI=1S/C16H32N2O/c1-6-8-17-14-9-13(10-16(3,4)5)11-18(12-14)15(19)7-2/h13-14,17H,6-12H2,1-5H3. The minimum Gasteiger partial charge on any atom is -0.341 e. The van der Waals surface area contributed by atoms with Gasteiger partial charge in [-0.2, -0.15) is 0 Å². The van der Waals surface area contributed by atoms with E-state index in [0.29, 0.717) is 29.7 Å². The van der Waals surface area contributed by atoms with E-state index in [1.807, 2.05) is 6.92 Å². The van der Waals surface area contributed by atoms with Crippen molar-refractivity contribution in [2.24, 2.45) is 11.3 Å². The molecule has 1 heterocycles. The van der Waals surface area contributed by atoms with Gasteiger partial charge in [-0.15, -0.1) is 0 Å². The molecule has 0 spiro atoms. The van der Waals surface area contributed by atoms with Gasteiger partial charge in [0.2, 0.25) is 5.91 Å². The summed E-state index contributed by atoms with van der Waals surface area (Å²) in [5.74, 6) is 0.945. The van der Waals surface area contributed by atoms with E-state index in [1.165, 1.54) is 12.8 Å². The predicted molar refractivity (Wildman–Crippen MR) is 81.1 cm³/mol. The van der Waals surface area contributed by atoms with Gasteiger partial charge in [0.05, 0.1) is 0 Å². The fraction of sp³-hybridized carbons (Fsp3) is 0.938. The summed E-state index contributed by atoms with van der Waals surface area (Å²) in [5, 5.41) is 3.60. The maximum atomic E-state index is 12.0. The van der Waals surface area contributed by atoms with E-state index in [2.05, 4.69) is 37.9 Å². The van der Waals surface area contributed by atoms with E-state index in [1.54, 1.807) is 0 Å². The molecule has 19 heavy (non-hydrogen) atoms. The van der Waals surface area contributed by atoms with Crippen LogP contribution in [0.15, 0.2) is 0 Å². The van der Waals surface area contributed by atoms with Crippen molar-refractivity contribution in [2.75, 3.05) is 19.6 Å². The fourth-order valence-electron chi connectivity index (χ4n) is 3.14. The van der Waals surface area contributed by atoms with Crippen LogP contribution in [0.25, 0.3) is 0 Å². The lowest BCUT2D eigenvalue weighted by Crippen LogP contribution is -2.51. The number of amides is 1. The lowest BCUT2D eigenvalue weighted by molar-refractivity contribution is -0.133. The Labute approximate surface area is 119 Å². The Morgan fingerprint density at radius 2 is 1.95 bits per heavy atom. The molecule has 0 aromatic heterocycles. The normalized spacial score (nSPS) is 24.6. The average molecular weight is 268 g/mol. The van der Waals surface area contributed by atoms with Crippen molar-refractivity contribution >= 4 is 5.91 Å². The van der Waals surface area contributed by atoms with Gasteiger partial charge < -0.3 is 10.2 Å². The van der Waals surface area contributed by atoms with Gasteiger partial charge in [-0.3, -0.25) is 4.79 Å². The van der Waals surface area contributed by atoms with E-state index in [0.717, 1.165) is 26.1 Å². The molecule has 2 atom stereocenters. The van der Waals surface area contributed by atoms with Gasteiger partial charge in [0.25, 0.3) is 0 Å². The Hall–Kier alpha value is -0.570. The third-order valence-electron chi connectivity index (χ3n) is 3.78. The monoisotopic (exact) mass is 268 g/mol. The van der Waals surface area contributed by atoms with E-state index in [9.17, 15) is 4.79 Å². The molecule has 1 aliphatic rings. The lowest BCUT2D eigenvalue weighted by Gasteiger charge is -2.40. The zero-order chi connectivity index (χ0) is 14.5. The van der Waals surface area contributed by atoms with Gasteiger partial charge in [0, 0.05) is 25.6 Å². The molecule has 0 saturated carbocycles. The molecule has 0 aromatic rings. The third-order valence-corrected chi connectivity index (χ3v) is 3.78. The van der Waals surface area contributed by atoms with Crippen molar-refractivity contribution in [2.45, 2.75) is 66.3 Å². The Kier molecular flexibility index (Phi) is 6.31. The highest BCUT2D eigenvalue weighted by atomic mass is 16.2. The SMILES string of the molecule is CCCNC1CC(CC(C)(C)C)CN(C(=O)CC)C1. The number of nitrogens with zero attached hydrogens (tertiary/aromatic N) is 1. The number of hydrogen-bond acceptors (Lipinski definition) is 2. The average Bonchev–Trinajstić information content (AvgIpc) is 2.33. The van der Waals surface area contributed by atoms with Crippen LogP contribution < -0.4 is 5.32 Å². The number of hydrogen-bond donors (Lipinski definition) is 1. The summed E-state index contributed by atoms with van der Waals surface area (Å²) < 4.78 is 0. The van der Waals surface area contributed by atoms with Crippen LogP contribution in [0.1, 0.15) is 60.3 Å². The highest BCUT2D eigenvalue weighted by Gasteiger charge is 2.31. The highest BCUT2D eigenvalue weighted by molar-refractivity contribution is 5.76. The van der Waals surface area contributed by atoms with Crippen molar-refractivity contribution in [3.05, 3.63) is 0 Å². The molecule has 0 bridgehead atoms. The summed E-state index contributed by atoms with van der Waals surface area (Å²) in [7, 11) is 0. The molecule has 1 amide bonds. The van der Waals surface area contributed by atoms with Gasteiger partial charge in [0.15, 0.2) is 0 Å². The van der Waals surface area contributed by atoms with Gasteiger partial charge in [0.1, 0.15) is 0 Å². The van der Waals surface area contributed by atoms with Crippen LogP contribution in [-0.2, 0) is 4.79 Å². The number of nitrogens with one attached hydrogen (secondary N) is 1. The maximum absolute atomic E-state index is 12.0. The first-order valence-electron chi connectivity index (χ1n) is 7.86. The molecule has 1 aliphatic heterocycles. The summed E-state index contributed by atoms with van der Waals surface area (Å²) in [6, 6.07) is 0.483. The minimum atomic E-state index is 0.307. The summed E-state index contributed by atoms with van der Waals surface area (Å²) in [6.07, 6.45) is 4.19. The number of carbonyl (C=O) groups excluding carboxylic acids is 1. The molecule has 0 aliphatic carbocycles. The van der Waals surface area contributed by atoms with E-state index >= 15 is 0 Å². The highest BCUT2D eigenvalue weighted by Crippen LogP contribution is 2.30. The summed E-state index contributed by atoms with van der Waals surface area (Å²) in [4.78, 5) is 14.1. The van der Waals surface area contributed by atoms with Crippen LogP contribution in [0, 0.1) is 11.3 Å². The zero-order valence-electron chi connectivity index (χ0n) is 13.5. The van der Waals surface area contributed by atoms with Crippen molar-refractivity contribution < 1.29 is 4.79 Å². The van der Waals surface area contributed by atoms with Crippen LogP contribution in [0.4, 0.5) is 0 Å². The number of rotatable bonds is 5.